The molecule has 82 heavy (non-hydrogen) atoms. The zero-order valence-corrected chi connectivity index (χ0v) is 51.1. The molecule has 11 atom stereocenters. The van der Waals surface area contributed by atoms with Crippen LogP contribution in [0.4, 0.5) is 15.3 Å². The number of nitrogens with one attached hydrogen (secondary N) is 3. The Labute approximate surface area is 486 Å². The maximum absolute atomic E-state index is 14.8. The average molecular weight is 1150 g/mol. The van der Waals surface area contributed by atoms with Gasteiger partial charge in [0.2, 0.25) is 23.6 Å². The van der Waals surface area contributed by atoms with Crippen LogP contribution in [0, 0.1) is 41.4 Å². The number of primary amides is 1. The number of likely N-dealkylation sites (tertiary alicyclic amines) is 1. The molecular formula is C61H96N8O13. The summed E-state index contributed by atoms with van der Waals surface area (Å²) in [6.07, 6.45) is 0.286. The van der Waals surface area contributed by atoms with Crippen molar-refractivity contribution in [3.05, 3.63) is 65.7 Å². The van der Waals surface area contributed by atoms with Gasteiger partial charge in [0, 0.05) is 78.2 Å². The van der Waals surface area contributed by atoms with Crippen molar-refractivity contribution in [3.63, 3.8) is 0 Å². The number of hydrogen-bond donors (Lipinski definition) is 5. The summed E-state index contributed by atoms with van der Waals surface area (Å²) in [6, 6.07) is 11.6. The summed E-state index contributed by atoms with van der Waals surface area (Å²) < 4.78 is 22.8. The number of benzene rings is 2. The number of esters is 1. The molecule has 458 valence electrons. The summed E-state index contributed by atoms with van der Waals surface area (Å²) in [5.41, 5.74) is 13.2. The maximum atomic E-state index is 14.8. The fourth-order valence-corrected chi connectivity index (χ4v) is 11.0. The lowest BCUT2D eigenvalue weighted by molar-refractivity contribution is -0.150. The number of nitrogens with zero attached hydrogens (tertiary/aromatic N) is 3. The van der Waals surface area contributed by atoms with E-state index in [-0.39, 0.29) is 85.9 Å². The molecule has 1 fully saturated rings. The number of methoxy groups -OCH3 is 3. The van der Waals surface area contributed by atoms with Gasteiger partial charge >= 0.3 is 18.1 Å². The molecule has 1 aliphatic rings. The molecule has 0 spiro atoms. The average Bonchev–Trinajstić information content (AvgIpc) is 3.98. The molecule has 0 aromatic heterocycles. The summed E-state index contributed by atoms with van der Waals surface area (Å²) in [5, 5.41) is 8.20. The number of anilines is 1. The number of carbonyl (C=O) groups is 9. The second kappa shape index (κ2) is 34.2. The van der Waals surface area contributed by atoms with Gasteiger partial charge in [-0.15, -0.1) is 0 Å². The molecule has 1 heterocycles. The molecule has 0 bridgehead atoms. The molecule has 0 radical (unpaired) electrons. The van der Waals surface area contributed by atoms with Gasteiger partial charge in [-0.3, -0.25) is 28.8 Å². The minimum absolute atomic E-state index is 0.0740. The van der Waals surface area contributed by atoms with E-state index in [0.29, 0.717) is 49.9 Å². The standard InChI is InChI=1S/C61H96N8O13/c1-15-39(8)54(50(79-12)34-51(72)69-30-20-24-47(69)55(80-13)40(9)56(73)66-46(59(76)81-14)31-41-21-17-16-18-22-41)67(10)58(75)45(36(2)3)33-49(71)53(38(6)7)68(11)61(78)82-35-42-25-27-44(28-26-42)65-57(74)43(23-19-29-64-60(63)77)32-48(70)52(62)37(4)5/h16-18,21-22,25-28,36-40,43,45-47,50,52-55H,15,19-20,23-24,29-35,62H2,1-14H3,(H,65,74)(H,66,73)(H3,63,64,77)/t39?,40-,43?,45+,46?,47+,50-,52+,53+,54+,55-/m1/s1. The minimum atomic E-state index is -0.942. The summed E-state index contributed by atoms with van der Waals surface area (Å²) in [6.45, 7) is 17.2. The van der Waals surface area contributed by atoms with Gasteiger partial charge < -0.3 is 61.1 Å². The molecule has 1 aliphatic heterocycles. The van der Waals surface area contributed by atoms with E-state index < -0.39 is 90.1 Å². The predicted octanol–water partition coefficient (Wildman–Crippen LogP) is 6.28. The third kappa shape index (κ3) is 20.5. The van der Waals surface area contributed by atoms with Gasteiger partial charge in [0.1, 0.15) is 12.6 Å². The summed E-state index contributed by atoms with van der Waals surface area (Å²) in [4.78, 5) is 126. The number of carbonyl (C=O) groups excluding carboxylic acids is 9. The van der Waals surface area contributed by atoms with Crippen molar-refractivity contribution in [3.8, 4) is 0 Å². The number of hydrogen-bond acceptors (Lipinski definition) is 14. The molecule has 0 aliphatic carbocycles. The number of likely N-dealkylation sites (N-methyl/N-ethyl adjacent to an activating group) is 2. The summed E-state index contributed by atoms with van der Waals surface area (Å²) in [7, 11) is 7.45. The highest BCUT2D eigenvalue weighted by molar-refractivity contribution is 5.96. The molecule has 3 rings (SSSR count). The van der Waals surface area contributed by atoms with Crippen molar-refractivity contribution in [2.75, 3.05) is 53.8 Å². The zero-order chi connectivity index (χ0) is 61.5. The van der Waals surface area contributed by atoms with E-state index in [4.69, 9.17) is 30.4 Å². The number of urea groups is 1. The lowest BCUT2D eigenvalue weighted by atomic mass is 9.83. The Morgan fingerprint density at radius 1 is 0.756 bits per heavy atom. The molecule has 1 saturated heterocycles. The van der Waals surface area contributed by atoms with E-state index >= 15 is 0 Å². The van der Waals surface area contributed by atoms with Crippen LogP contribution in [-0.2, 0) is 65.5 Å². The number of rotatable bonds is 34. The molecule has 21 heteroatoms. The highest BCUT2D eigenvalue weighted by Crippen LogP contribution is 2.32. The van der Waals surface area contributed by atoms with E-state index in [2.05, 4.69) is 16.0 Å². The Bertz CT molecular complexity index is 2410. The fraction of sp³-hybridized carbons (Fsp3) is 0.656. The van der Waals surface area contributed by atoms with Crippen LogP contribution in [0.1, 0.15) is 125 Å². The Morgan fingerprint density at radius 3 is 1.95 bits per heavy atom. The van der Waals surface area contributed by atoms with E-state index in [9.17, 15) is 43.2 Å². The van der Waals surface area contributed by atoms with Gasteiger partial charge in [-0.05, 0) is 72.6 Å². The van der Waals surface area contributed by atoms with Crippen LogP contribution in [0.25, 0.3) is 0 Å². The Morgan fingerprint density at radius 2 is 1.40 bits per heavy atom. The van der Waals surface area contributed by atoms with E-state index in [1.807, 2.05) is 85.7 Å². The Kier molecular flexibility index (Phi) is 29.1. The first-order valence-corrected chi connectivity index (χ1v) is 28.9. The van der Waals surface area contributed by atoms with Gasteiger partial charge in [-0.25, -0.2) is 14.4 Å². The van der Waals surface area contributed by atoms with Gasteiger partial charge in [0.05, 0.1) is 55.8 Å². The van der Waals surface area contributed by atoms with Crippen LogP contribution in [0.3, 0.4) is 0 Å². The number of ether oxygens (including phenoxy) is 4. The molecule has 21 nitrogen and oxygen atoms in total. The first-order chi connectivity index (χ1) is 38.7. The first-order valence-electron chi connectivity index (χ1n) is 28.9. The molecule has 7 amide bonds. The van der Waals surface area contributed by atoms with Crippen LogP contribution in [0.15, 0.2) is 54.6 Å². The molecule has 3 unspecified atom stereocenters. The lowest BCUT2D eigenvalue weighted by Gasteiger charge is -2.41. The van der Waals surface area contributed by atoms with E-state index in [1.165, 1.54) is 33.3 Å². The lowest BCUT2D eigenvalue weighted by Crippen LogP contribution is -2.55. The normalized spacial score (nSPS) is 17.0. The predicted molar refractivity (Wildman–Crippen MR) is 313 cm³/mol. The third-order valence-corrected chi connectivity index (χ3v) is 16.1. The fourth-order valence-electron chi connectivity index (χ4n) is 11.0. The van der Waals surface area contributed by atoms with Crippen molar-refractivity contribution in [2.45, 2.75) is 169 Å². The molecule has 0 saturated carbocycles. The number of nitrogens with two attached hydrogens (primary N) is 2. The number of amides is 7. The van der Waals surface area contributed by atoms with Gasteiger partial charge in [-0.2, -0.15) is 0 Å². The van der Waals surface area contributed by atoms with Gasteiger partial charge in [0.15, 0.2) is 11.6 Å². The number of ketones is 2. The summed E-state index contributed by atoms with van der Waals surface area (Å²) >= 11 is 0. The number of Topliss-reactive ketones (excluding diaryl/α,β-unsaturated/α-hetero) is 2. The van der Waals surface area contributed by atoms with Crippen molar-refractivity contribution >= 4 is 59.0 Å². The van der Waals surface area contributed by atoms with Gasteiger partial charge in [-0.1, -0.05) is 111 Å². The monoisotopic (exact) mass is 1150 g/mol. The van der Waals surface area contributed by atoms with E-state index in [1.54, 1.807) is 48.0 Å². The zero-order valence-electron chi connectivity index (χ0n) is 51.1. The van der Waals surface area contributed by atoms with Crippen molar-refractivity contribution < 1.29 is 62.1 Å². The second-order valence-electron chi connectivity index (χ2n) is 23.0. The topological polar surface area (TPSA) is 288 Å². The smallest absolute Gasteiger partial charge is 0.410 e. The van der Waals surface area contributed by atoms with Crippen molar-refractivity contribution in [2.24, 2.45) is 52.9 Å². The van der Waals surface area contributed by atoms with Crippen LogP contribution < -0.4 is 27.4 Å². The van der Waals surface area contributed by atoms with Crippen LogP contribution in [-0.4, -0.2) is 159 Å². The molecular weight excluding hydrogens is 1050 g/mol. The third-order valence-electron chi connectivity index (χ3n) is 16.1. The van der Waals surface area contributed by atoms with Crippen molar-refractivity contribution in [1.82, 2.24) is 25.3 Å². The highest BCUT2D eigenvalue weighted by atomic mass is 16.6. The SMILES string of the molecule is CCC(C)[C@@H]([C@@H](CC(=O)N1CCC[C@H]1[C@H](OC)[C@@H](C)C(=O)NC(Cc1ccccc1)C(=O)OC)OC)N(C)C(=O)[C@@H](CC(=O)[C@H](C(C)C)N(C)C(=O)OCc1ccc(NC(=O)C(CCCNC(N)=O)CC(=O)[C@@H](N)C(C)C)cc1)C(C)C. The Hall–Kier alpha value is -6.45. The largest absolute Gasteiger partial charge is 0.467 e. The molecule has 7 N–H and O–H groups in total. The van der Waals surface area contributed by atoms with Crippen LogP contribution in [0.2, 0.25) is 0 Å². The quantitative estimate of drug-likeness (QED) is 0.0381. The first kappa shape index (κ1) is 69.8. The van der Waals surface area contributed by atoms with Gasteiger partial charge in [0.25, 0.3) is 0 Å². The van der Waals surface area contributed by atoms with Crippen LogP contribution in [0.5, 0.6) is 0 Å². The highest BCUT2D eigenvalue weighted by Gasteiger charge is 2.44. The maximum Gasteiger partial charge on any atom is 0.410 e. The minimum Gasteiger partial charge on any atom is -0.467 e. The van der Waals surface area contributed by atoms with E-state index in [0.717, 1.165) is 5.56 Å². The Balaban J connectivity index is 1.72. The second-order valence-corrected chi connectivity index (χ2v) is 23.0. The van der Waals surface area contributed by atoms with Crippen LogP contribution >= 0.6 is 0 Å². The molecule has 2 aromatic rings. The molecule has 2 aromatic carbocycles. The van der Waals surface area contributed by atoms with Crippen molar-refractivity contribution in [1.29, 1.82) is 0 Å². The summed E-state index contributed by atoms with van der Waals surface area (Å²) in [5.74, 6) is -5.66.